The second kappa shape index (κ2) is 16.6. The monoisotopic (exact) mass is 876 g/mol. The van der Waals surface area contributed by atoms with Gasteiger partial charge in [0.2, 0.25) is 17.6 Å². The van der Waals surface area contributed by atoms with Gasteiger partial charge in [-0.25, -0.2) is 19.6 Å². The molecule has 1 unspecified atom stereocenters. The van der Waals surface area contributed by atoms with Gasteiger partial charge in [0.25, 0.3) is 17.7 Å². The number of H-pyrrole nitrogens is 2. The molecule has 2 aromatic carbocycles. The van der Waals surface area contributed by atoms with Gasteiger partial charge < -0.3 is 25.1 Å². The lowest BCUT2D eigenvalue weighted by Crippen LogP contribution is -2.54. The van der Waals surface area contributed by atoms with E-state index in [-0.39, 0.29) is 24.2 Å². The number of rotatable bonds is 15. The van der Waals surface area contributed by atoms with Crippen LogP contribution in [0.2, 0.25) is 0 Å². The van der Waals surface area contributed by atoms with Crippen LogP contribution in [0.3, 0.4) is 0 Å². The molecule has 0 radical (unpaired) electrons. The van der Waals surface area contributed by atoms with E-state index in [1.807, 2.05) is 31.5 Å². The Balaban J connectivity index is 0.801. The van der Waals surface area contributed by atoms with Gasteiger partial charge in [0.1, 0.15) is 34.9 Å². The molecule has 18 heteroatoms. The minimum absolute atomic E-state index is 0.0295. The minimum Gasteiger partial charge on any atom is -0.361 e. The van der Waals surface area contributed by atoms with Crippen LogP contribution in [0, 0.1) is 20.8 Å². The number of aromatic nitrogens is 8. The summed E-state index contributed by atoms with van der Waals surface area (Å²) in [6, 6.07) is 10.4. The first kappa shape index (κ1) is 41.5. The number of hydrogen-bond donors (Lipinski definition) is 5. The molecule has 332 valence electrons. The Kier molecular flexibility index (Phi) is 10.6. The number of hydrogen-bond acceptors (Lipinski definition) is 12. The van der Waals surface area contributed by atoms with Crippen molar-refractivity contribution < 1.29 is 28.5 Å². The molecule has 3 aliphatic rings. The van der Waals surface area contributed by atoms with Gasteiger partial charge in [0, 0.05) is 66.3 Å². The zero-order chi connectivity index (χ0) is 45.1. The number of benzene rings is 2. The van der Waals surface area contributed by atoms with E-state index in [1.54, 1.807) is 18.3 Å². The van der Waals surface area contributed by atoms with Gasteiger partial charge in [-0.15, -0.1) is 0 Å². The van der Waals surface area contributed by atoms with Crippen molar-refractivity contribution >= 4 is 63.1 Å². The third kappa shape index (κ3) is 7.71. The molecule has 5 N–H and O–H groups in total. The molecule has 2 fully saturated rings. The maximum Gasteiger partial charge on any atom is 0.289 e. The lowest BCUT2D eigenvalue weighted by atomic mass is 9.97. The number of nitrogens with zero attached hydrogens (tertiary/aromatic N) is 7. The summed E-state index contributed by atoms with van der Waals surface area (Å²) >= 11 is 0. The smallest absolute Gasteiger partial charge is 0.289 e. The molecule has 5 aromatic heterocycles. The first-order valence-corrected chi connectivity index (χ1v) is 22.2. The maximum absolute atomic E-state index is 13.8. The average Bonchev–Trinajstić information content (AvgIpc) is 3.49. The van der Waals surface area contributed by atoms with Crippen molar-refractivity contribution in [1.82, 2.24) is 55.4 Å². The fraction of sp³-hybridized carbons (Fsp3) is 0.362. The largest absolute Gasteiger partial charge is 0.361 e. The van der Waals surface area contributed by atoms with Crippen molar-refractivity contribution in [3.05, 3.63) is 99.3 Å². The first-order valence-electron chi connectivity index (χ1n) is 22.2. The number of imidazole rings is 1. The number of aromatic amines is 2. The Morgan fingerprint density at radius 1 is 0.923 bits per heavy atom. The molecule has 1 aliphatic carbocycles. The van der Waals surface area contributed by atoms with Gasteiger partial charge in [-0.1, -0.05) is 17.3 Å². The Morgan fingerprint density at radius 3 is 2.54 bits per heavy atom. The Bertz CT molecular complexity index is 3080. The number of aryl methyl sites for hydroxylation is 7. The SMILES string of the molecule is CCn1nc(C2CC2)cc1Nc1nc(C(=O)NCCCc2cnc(CCCc3cccc4c3C(=O)N(C3CCC(=O)NC3=O)C4=O)[nH]2)nc2[nH]c3cc(-c4c(C)noc4C)c(C)cc3c12. The van der Waals surface area contributed by atoms with Gasteiger partial charge in [-0.3, -0.25) is 34.2 Å². The van der Waals surface area contributed by atoms with Gasteiger partial charge in [0.15, 0.2) is 0 Å². The molecule has 0 spiro atoms. The molecule has 1 atom stereocenters. The summed E-state index contributed by atoms with van der Waals surface area (Å²) in [7, 11) is 0. The quantitative estimate of drug-likeness (QED) is 0.0573. The lowest BCUT2D eigenvalue weighted by molar-refractivity contribution is -0.136. The summed E-state index contributed by atoms with van der Waals surface area (Å²) in [6.45, 7) is 8.98. The molecule has 7 aromatic rings. The van der Waals surface area contributed by atoms with Gasteiger partial charge in [-0.05, 0) is 108 Å². The Hall–Kier alpha value is -7.50. The number of fused-ring (bicyclic) bond motifs is 4. The number of piperidine rings is 1. The average molecular weight is 877 g/mol. The normalized spacial score (nSPS) is 16.2. The summed E-state index contributed by atoms with van der Waals surface area (Å²) in [5, 5.41) is 19.5. The van der Waals surface area contributed by atoms with Crippen LogP contribution in [-0.4, -0.2) is 86.9 Å². The van der Waals surface area contributed by atoms with Crippen molar-refractivity contribution in [2.75, 3.05) is 11.9 Å². The molecule has 10 rings (SSSR count). The second-order valence-electron chi connectivity index (χ2n) is 17.2. The molecule has 18 nitrogen and oxygen atoms in total. The van der Waals surface area contributed by atoms with Crippen molar-refractivity contribution in [1.29, 1.82) is 0 Å². The Labute approximate surface area is 372 Å². The number of imide groups is 2. The van der Waals surface area contributed by atoms with E-state index in [1.165, 1.54) is 0 Å². The van der Waals surface area contributed by atoms with Gasteiger partial charge in [0.05, 0.1) is 27.9 Å². The van der Waals surface area contributed by atoms with Crippen LogP contribution in [-0.2, 0) is 35.4 Å². The molecule has 65 heavy (non-hydrogen) atoms. The van der Waals surface area contributed by atoms with Crippen LogP contribution in [0.4, 0.5) is 11.6 Å². The van der Waals surface area contributed by atoms with Crippen LogP contribution < -0.4 is 16.0 Å². The molecule has 5 amide bonds. The van der Waals surface area contributed by atoms with Crippen LogP contribution in [0.25, 0.3) is 33.1 Å². The highest BCUT2D eigenvalue weighted by molar-refractivity contribution is 6.24. The zero-order valence-corrected chi connectivity index (χ0v) is 36.6. The summed E-state index contributed by atoms with van der Waals surface area (Å²) in [6.07, 6.45) is 7.26. The maximum atomic E-state index is 13.8. The van der Waals surface area contributed by atoms with Crippen molar-refractivity contribution in [3.8, 4) is 11.1 Å². The van der Waals surface area contributed by atoms with Gasteiger partial charge >= 0.3 is 0 Å². The van der Waals surface area contributed by atoms with Crippen LogP contribution in [0.5, 0.6) is 0 Å². The zero-order valence-electron chi connectivity index (χ0n) is 36.6. The highest BCUT2D eigenvalue weighted by Crippen LogP contribution is 2.41. The van der Waals surface area contributed by atoms with Crippen molar-refractivity contribution in [2.24, 2.45) is 0 Å². The summed E-state index contributed by atoms with van der Waals surface area (Å²) in [5.74, 6) is 0.843. The molecular weight excluding hydrogens is 829 g/mol. The second-order valence-corrected chi connectivity index (χ2v) is 17.2. The molecule has 1 saturated carbocycles. The molecule has 0 bridgehead atoms. The van der Waals surface area contributed by atoms with Crippen LogP contribution in [0.1, 0.15) is 122 Å². The van der Waals surface area contributed by atoms with Crippen molar-refractivity contribution in [2.45, 2.75) is 104 Å². The summed E-state index contributed by atoms with van der Waals surface area (Å²) in [4.78, 5) is 86.7. The van der Waals surface area contributed by atoms with E-state index >= 15 is 0 Å². The Morgan fingerprint density at radius 2 is 1.77 bits per heavy atom. The van der Waals surface area contributed by atoms with E-state index < -0.39 is 35.6 Å². The summed E-state index contributed by atoms with van der Waals surface area (Å²) in [5.41, 5.74) is 8.43. The number of anilines is 2. The predicted molar refractivity (Wildman–Crippen MR) is 239 cm³/mol. The topological polar surface area (TPSA) is 239 Å². The highest BCUT2D eigenvalue weighted by atomic mass is 16.5. The summed E-state index contributed by atoms with van der Waals surface area (Å²) < 4.78 is 7.43. The van der Waals surface area contributed by atoms with E-state index in [0.717, 1.165) is 90.8 Å². The number of nitrogens with one attached hydrogen (secondary N) is 5. The third-order valence-electron chi connectivity index (χ3n) is 12.6. The number of amides is 5. The fourth-order valence-corrected chi connectivity index (χ4v) is 9.22. The minimum atomic E-state index is -1.01. The van der Waals surface area contributed by atoms with E-state index in [0.29, 0.717) is 68.1 Å². The lowest BCUT2D eigenvalue weighted by Gasteiger charge is -2.27. The van der Waals surface area contributed by atoms with Crippen molar-refractivity contribution in [3.63, 3.8) is 0 Å². The standard InChI is InChI=1S/C47H48N12O6/c1-5-58-36(21-32(56-58)26-14-15-26)52-42-40-31-19-23(2)30(38-24(3)57-65-25(38)4)20-33(31)51-41(40)54-43(55-42)45(62)48-18-8-11-28-22-49-35(50-28)13-7-10-27-9-6-12-29-39(27)47(64)59(46(29)63)34-16-17-37(60)53-44(34)61/h6,9,12,19-22,26,34H,5,7-8,10-11,13-18H2,1-4H3,(H,48,62)(H,49,50)(H,53,60,61)(H2,51,52,54,55). The molecule has 2 aliphatic heterocycles. The van der Waals surface area contributed by atoms with E-state index in [4.69, 9.17) is 19.6 Å². The van der Waals surface area contributed by atoms with E-state index in [2.05, 4.69) is 61.2 Å². The van der Waals surface area contributed by atoms with Crippen LogP contribution in [0.15, 0.2) is 47.1 Å². The number of carbonyl (C=O) groups excluding carboxylic acids is 5. The molecule has 7 heterocycles. The van der Waals surface area contributed by atoms with Crippen LogP contribution >= 0.6 is 0 Å². The van der Waals surface area contributed by atoms with Gasteiger partial charge in [-0.2, -0.15) is 5.10 Å². The molecular formula is C47H48N12O6. The van der Waals surface area contributed by atoms with E-state index in [9.17, 15) is 24.0 Å². The number of carbonyl (C=O) groups is 5. The molecule has 1 saturated heterocycles. The first-order chi connectivity index (χ1) is 31.4. The third-order valence-corrected chi connectivity index (χ3v) is 12.6. The highest BCUT2D eigenvalue weighted by Gasteiger charge is 2.45. The fourth-order valence-electron chi connectivity index (χ4n) is 9.22. The predicted octanol–water partition coefficient (Wildman–Crippen LogP) is 6.19.